The van der Waals surface area contributed by atoms with Crippen LogP contribution in [0.25, 0.3) is 0 Å². The molecule has 0 aliphatic rings. The molecule has 2 rings (SSSR count). The molecular formula is C10H10N2OS. The monoisotopic (exact) mass is 206 g/mol. The zero-order valence-electron chi connectivity index (χ0n) is 7.51. The first-order valence-electron chi connectivity index (χ1n) is 4.24. The molecule has 0 fully saturated rings. The largest absolute Gasteiger partial charge is 0.399 e. The van der Waals surface area contributed by atoms with Gasteiger partial charge in [-0.15, -0.1) is 0 Å². The molecule has 1 heterocycles. The Kier molecular flexibility index (Phi) is 2.37. The maximum atomic E-state index is 11.2. The molecule has 2 N–H and O–H groups in total. The summed E-state index contributed by atoms with van der Waals surface area (Å²) in [5.41, 5.74) is 7.39. The summed E-state index contributed by atoms with van der Waals surface area (Å²) in [6, 6.07) is 7.54. The average Bonchev–Trinajstić information content (AvgIpc) is 2.56. The number of nitrogens with zero attached hydrogens (tertiary/aromatic N) is 1. The Labute approximate surface area is 85.4 Å². The van der Waals surface area contributed by atoms with Crippen LogP contribution in [0.15, 0.2) is 40.6 Å². The minimum Gasteiger partial charge on any atom is -0.399 e. The van der Waals surface area contributed by atoms with Gasteiger partial charge in [-0.1, -0.05) is 23.5 Å². The fourth-order valence-corrected chi connectivity index (χ4v) is 1.81. The summed E-state index contributed by atoms with van der Waals surface area (Å²) in [6.45, 7) is 0.614. The average molecular weight is 206 g/mol. The molecule has 0 spiro atoms. The zero-order valence-corrected chi connectivity index (χ0v) is 8.33. The number of benzene rings is 1. The van der Waals surface area contributed by atoms with E-state index in [1.807, 2.05) is 24.3 Å². The van der Waals surface area contributed by atoms with E-state index in [2.05, 4.69) is 0 Å². The normalized spacial score (nSPS) is 10.3. The van der Waals surface area contributed by atoms with Crippen LogP contribution in [-0.2, 0) is 6.54 Å². The van der Waals surface area contributed by atoms with Crippen LogP contribution in [0.2, 0.25) is 0 Å². The number of nitrogen functional groups attached to an aromatic ring is 1. The summed E-state index contributed by atoms with van der Waals surface area (Å²) in [6.07, 6.45) is 1.79. The van der Waals surface area contributed by atoms with Crippen molar-refractivity contribution < 1.29 is 0 Å². The van der Waals surface area contributed by atoms with E-state index in [0.29, 0.717) is 6.54 Å². The molecule has 0 amide bonds. The number of hydrogen-bond donors (Lipinski definition) is 1. The van der Waals surface area contributed by atoms with Crippen LogP contribution in [-0.4, -0.2) is 4.57 Å². The molecule has 4 heteroatoms. The molecule has 0 radical (unpaired) electrons. The molecule has 0 aliphatic heterocycles. The van der Waals surface area contributed by atoms with Gasteiger partial charge in [-0.05, 0) is 17.7 Å². The summed E-state index contributed by atoms with van der Waals surface area (Å²) in [5.74, 6) is 0. The van der Waals surface area contributed by atoms with Crippen molar-refractivity contribution in [1.82, 2.24) is 4.57 Å². The standard InChI is InChI=1S/C10H10N2OS/c11-9-3-1-8(2-4-9)7-12-5-6-14-10(12)13/h1-6H,7,11H2. The second-order valence-corrected chi connectivity index (χ2v) is 3.90. The zero-order chi connectivity index (χ0) is 9.97. The Hall–Kier alpha value is -1.55. The van der Waals surface area contributed by atoms with Gasteiger partial charge in [0.25, 0.3) is 0 Å². The van der Waals surface area contributed by atoms with Crippen LogP contribution >= 0.6 is 11.3 Å². The molecular weight excluding hydrogens is 196 g/mol. The fraction of sp³-hybridized carbons (Fsp3) is 0.100. The van der Waals surface area contributed by atoms with Crippen molar-refractivity contribution >= 4 is 17.0 Å². The van der Waals surface area contributed by atoms with Crippen molar-refractivity contribution in [3.8, 4) is 0 Å². The maximum absolute atomic E-state index is 11.2. The van der Waals surface area contributed by atoms with Crippen LogP contribution < -0.4 is 10.6 Å². The number of aromatic nitrogens is 1. The van der Waals surface area contributed by atoms with Gasteiger partial charge in [0.05, 0.1) is 6.54 Å². The summed E-state index contributed by atoms with van der Waals surface area (Å²) < 4.78 is 1.68. The van der Waals surface area contributed by atoms with Crippen molar-refractivity contribution in [2.75, 3.05) is 5.73 Å². The van der Waals surface area contributed by atoms with Gasteiger partial charge in [-0.25, -0.2) is 0 Å². The Bertz CT molecular complexity index is 469. The molecule has 2 aromatic rings. The van der Waals surface area contributed by atoms with Crippen molar-refractivity contribution in [1.29, 1.82) is 0 Å². The molecule has 14 heavy (non-hydrogen) atoms. The van der Waals surface area contributed by atoms with Crippen molar-refractivity contribution in [2.24, 2.45) is 0 Å². The number of anilines is 1. The second-order valence-electron chi connectivity index (χ2n) is 3.04. The minimum atomic E-state index is 0.0711. The highest BCUT2D eigenvalue weighted by molar-refractivity contribution is 7.07. The van der Waals surface area contributed by atoms with Crippen molar-refractivity contribution in [3.63, 3.8) is 0 Å². The maximum Gasteiger partial charge on any atom is 0.307 e. The van der Waals surface area contributed by atoms with Gasteiger partial charge in [0.15, 0.2) is 0 Å². The number of nitrogens with two attached hydrogens (primary N) is 1. The lowest BCUT2D eigenvalue weighted by atomic mass is 10.2. The highest BCUT2D eigenvalue weighted by Crippen LogP contribution is 2.06. The molecule has 72 valence electrons. The van der Waals surface area contributed by atoms with Crippen LogP contribution in [0.1, 0.15) is 5.56 Å². The lowest BCUT2D eigenvalue weighted by molar-refractivity contribution is 0.784. The molecule has 0 unspecified atom stereocenters. The third kappa shape index (κ3) is 1.85. The van der Waals surface area contributed by atoms with E-state index < -0.39 is 0 Å². The molecule has 3 nitrogen and oxygen atoms in total. The van der Waals surface area contributed by atoms with Gasteiger partial charge in [0.2, 0.25) is 0 Å². The Balaban J connectivity index is 2.23. The van der Waals surface area contributed by atoms with E-state index in [4.69, 9.17) is 5.73 Å². The predicted molar refractivity (Wildman–Crippen MR) is 58.5 cm³/mol. The molecule has 1 aromatic carbocycles. The lowest BCUT2D eigenvalue weighted by Gasteiger charge is -2.01. The predicted octanol–water partition coefficient (Wildman–Crippen LogP) is 1.54. The van der Waals surface area contributed by atoms with Gasteiger partial charge < -0.3 is 10.3 Å². The highest BCUT2D eigenvalue weighted by Gasteiger charge is 1.97. The van der Waals surface area contributed by atoms with Gasteiger partial charge in [0, 0.05) is 17.3 Å². The Morgan fingerprint density at radius 3 is 2.57 bits per heavy atom. The second kappa shape index (κ2) is 3.67. The lowest BCUT2D eigenvalue weighted by Crippen LogP contribution is -2.12. The third-order valence-corrected chi connectivity index (χ3v) is 2.67. The summed E-state index contributed by atoms with van der Waals surface area (Å²) in [7, 11) is 0. The van der Waals surface area contributed by atoms with Crippen molar-refractivity contribution in [3.05, 3.63) is 51.1 Å². The topological polar surface area (TPSA) is 48.0 Å². The van der Waals surface area contributed by atoms with E-state index in [9.17, 15) is 4.79 Å². The summed E-state index contributed by atoms with van der Waals surface area (Å²) in [4.78, 5) is 11.3. The van der Waals surface area contributed by atoms with Gasteiger partial charge in [-0.3, -0.25) is 4.79 Å². The molecule has 0 aliphatic carbocycles. The quantitative estimate of drug-likeness (QED) is 0.758. The van der Waals surface area contributed by atoms with E-state index in [1.54, 1.807) is 16.1 Å². The van der Waals surface area contributed by atoms with Crippen molar-refractivity contribution in [2.45, 2.75) is 6.54 Å². The van der Waals surface area contributed by atoms with Crippen LogP contribution in [0.4, 0.5) is 5.69 Å². The van der Waals surface area contributed by atoms with Crippen LogP contribution in [0.3, 0.4) is 0 Å². The van der Waals surface area contributed by atoms with Gasteiger partial charge in [-0.2, -0.15) is 0 Å². The van der Waals surface area contributed by atoms with Crippen LogP contribution in [0, 0.1) is 0 Å². The smallest absolute Gasteiger partial charge is 0.307 e. The Morgan fingerprint density at radius 1 is 1.29 bits per heavy atom. The van der Waals surface area contributed by atoms with E-state index in [0.717, 1.165) is 11.3 Å². The first kappa shape index (κ1) is 9.02. The first-order chi connectivity index (χ1) is 6.75. The highest BCUT2D eigenvalue weighted by atomic mass is 32.1. The SMILES string of the molecule is Nc1ccc(Cn2ccsc2=O)cc1. The molecule has 1 aromatic heterocycles. The number of rotatable bonds is 2. The molecule has 0 bridgehead atoms. The van der Waals surface area contributed by atoms with E-state index in [-0.39, 0.29) is 4.87 Å². The number of hydrogen-bond acceptors (Lipinski definition) is 3. The molecule has 0 saturated carbocycles. The number of thiazole rings is 1. The van der Waals surface area contributed by atoms with Gasteiger partial charge >= 0.3 is 4.87 Å². The minimum absolute atomic E-state index is 0.0711. The van der Waals surface area contributed by atoms with E-state index >= 15 is 0 Å². The Morgan fingerprint density at radius 2 is 2.00 bits per heavy atom. The van der Waals surface area contributed by atoms with Crippen LogP contribution in [0.5, 0.6) is 0 Å². The summed E-state index contributed by atoms with van der Waals surface area (Å²) >= 11 is 1.21. The van der Waals surface area contributed by atoms with Gasteiger partial charge in [0.1, 0.15) is 0 Å². The third-order valence-electron chi connectivity index (χ3n) is 1.98. The van der Waals surface area contributed by atoms with E-state index in [1.165, 1.54) is 11.3 Å². The fourth-order valence-electron chi connectivity index (χ4n) is 1.23. The molecule has 0 atom stereocenters. The summed E-state index contributed by atoms with van der Waals surface area (Å²) in [5, 5.41) is 1.79. The first-order valence-corrected chi connectivity index (χ1v) is 5.12. The molecule has 0 saturated heterocycles.